The minimum atomic E-state index is -3.71. The number of benzene rings is 1. The van der Waals surface area contributed by atoms with E-state index in [2.05, 4.69) is 14.7 Å². The Bertz CT molecular complexity index is 1020. The second-order valence-electron chi connectivity index (χ2n) is 5.54. The number of aromatic nitrogens is 2. The maximum Gasteiger partial charge on any atom is 0.265 e. The number of nitrogens with zero attached hydrogens (tertiary/aromatic N) is 2. The second kappa shape index (κ2) is 6.93. The van der Waals surface area contributed by atoms with E-state index in [-0.39, 0.29) is 10.0 Å². The van der Waals surface area contributed by atoms with Crippen molar-refractivity contribution < 1.29 is 17.9 Å². The fourth-order valence-corrected chi connectivity index (χ4v) is 4.39. The Hall–Kier alpha value is -2.65. The van der Waals surface area contributed by atoms with Crippen molar-refractivity contribution in [1.29, 1.82) is 0 Å². The van der Waals surface area contributed by atoms with Crippen molar-refractivity contribution in [3.8, 4) is 22.8 Å². The Kier molecular flexibility index (Phi) is 4.48. The molecule has 3 aromatic rings. The van der Waals surface area contributed by atoms with Crippen LogP contribution in [0.25, 0.3) is 11.3 Å². The minimum absolute atomic E-state index is 0.0901. The molecule has 134 valence electrons. The van der Waals surface area contributed by atoms with Crippen LogP contribution in [0.1, 0.15) is 6.42 Å². The monoisotopic (exact) mass is 389 g/mol. The van der Waals surface area contributed by atoms with Gasteiger partial charge in [-0.2, -0.15) is 0 Å². The molecule has 1 aromatic carbocycles. The molecule has 0 spiro atoms. The number of rotatable bonds is 4. The summed E-state index contributed by atoms with van der Waals surface area (Å²) in [6.45, 7) is 1.23. The molecule has 1 aliphatic heterocycles. The van der Waals surface area contributed by atoms with Crippen LogP contribution in [-0.2, 0) is 10.0 Å². The number of nitrogens with one attached hydrogen (secondary N) is 1. The van der Waals surface area contributed by atoms with Crippen molar-refractivity contribution in [1.82, 2.24) is 9.97 Å². The molecule has 1 aliphatic rings. The molecular formula is C17H15N3O4S2. The van der Waals surface area contributed by atoms with Gasteiger partial charge in [-0.1, -0.05) is 0 Å². The van der Waals surface area contributed by atoms with E-state index in [4.69, 9.17) is 9.47 Å². The molecule has 0 fully saturated rings. The summed E-state index contributed by atoms with van der Waals surface area (Å²) < 4.78 is 38.5. The van der Waals surface area contributed by atoms with Crippen LogP contribution in [0, 0.1) is 0 Å². The number of fused-ring (bicyclic) bond motifs is 1. The number of hydrogen-bond acceptors (Lipinski definition) is 7. The van der Waals surface area contributed by atoms with E-state index in [1.165, 1.54) is 29.8 Å². The van der Waals surface area contributed by atoms with Gasteiger partial charge in [-0.3, -0.25) is 9.71 Å². The van der Waals surface area contributed by atoms with Crippen molar-refractivity contribution in [3.05, 3.63) is 48.1 Å². The van der Waals surface area contributed by atoms with Crippen molar-refractivity contribution in [3.63, 3.8) is 0 Å². The minimum Gasteiger partial charge on any atom is -0.490 e. The van der Waals surface area contributed by atoms with Crippen molar-refractivity contribution in [2.24, 2.45) is 0 Å². The largest absolute Gasteiger partial charge is 0.490 e. The standard InChI is InChI=1S/C17H15N3O4S2/c21-26(22,13-3-1-6-18-10-13)20-17-19-14(11-25-17)12-4-5-15-16(9-12)24-8-2-7-23-15/h1,3-6,9-11H,2,7-8H2,(H,19,20). The van der Waals surface area contributed by atoms with Crippen molar-refractivity contribution in [2.75, 3.05) is 17.9 Å². The molecule has 26 heavy (non-hydrogen) atoms. The van der Waals surface area contributed by atoms with Gasteiger partial charge in [-0.25, -0.2) is 13.4 Å². The molecule has 0 unspecified atom stereocenters. The average Bonchev–Trinajstić information content (AvgIpc) is 2.97. The first-order valence-corrected chi connectivity index (χ1v) is 10.3. The quantitative estimate of drug-likeness (QED) is 0.737. The maximum atomic E-state index is 12.4. The molecule has 0 amide bonds. The smallest absolute Gasteiger partial charge is 0.265 e. The maximum absolute atomic E-state index is 12.4. The van der Waals surface area contributed by atoms with Crippen LogP contribution in [-0.4, -0.2) is 31.6 Å². The first-order valence-electron chi connectivity index (χ1n) is 7.90. The van der Waals surface area contributed by atoms with Crippen LogP contribution in [0.4, 0.5) is 5.13 Å². The highest BCUT2D eigenvalue weighted by Gasteiger charge is 2.17. The number of ether oxygens (including phenoxy) is 2. The summed E-state index contributed by atoms with van der Waals surface area (Å²) >= 11 is 1.21. The molecular weight excluding hydrogens is 374 g/mol. The summed E-state index contributed by atoms with van der Waals surface area (Å²) in [5, 5.41) is 2.08. The molecule has 1 N–H and O–H groups in total. The van der Waals surface area contributed by atoms with Crippen LogP contribution < -0.4 is 14.2 Å². The zero-order chi connectivity index (χ0) is 18.0. The predicted molar refractivity (Wildman–Crippen MR) is 98.2 cm³/mol. The molecule has 0 radical (unpaired) electrons. The summed E-state index contributed by atoms with van der Waals surface area (Å²) in [5.74, 6) is 1.38. The molecule has 0 saturated heterocycles. The number of anilines is 1. The summed E-state index contributed by atoms with van der Waals surface area (Å²) in [4.78, 5) is 8.30. The molecule has 4 rings (SSSR count). The topological polar surface area (TPSA) is 90.4 Å². The summed E-state index contributed by atoms with van der Waals surface area (Å²) in [6, 6.07) is 8.62. The lowest BCUT2D eigenvalue weighted by molar-refractivity contribution is 0.297. The third-order valence-corrected chi connectivity index (χ3v) is 5.92. The predicted octanol–water partition coefficient (Wildman–Crippen LogP) is 3.17. The molecule has 7 nitrogen and oxygen atoms in total. The van der Waals surface area contributed by atoms with Gasteiger partial charge in [0.2, 0.25) is 0 Å². The van der Waals surface area contributed by atoms with Gasteiger partial charge in [-0.15, -0.1) is 11.3 Å². The molecule has 0 atom stereocenters. The van der Waals surface area contributed by atoms with Crippen molar-refractivity contribution >= 4 is 26.5 Å². The molecule has 0 saturated carbocycles. The van der Waals surface area contributed by atoms with Gasteiger partial charge in [0.15, 0.2) is 16.6 Å². The van der Waals surface area contributed by atoms with Crippen LogP contribution in [0.3, 0.4) is 0 Å². The van der Waals surface area contributed by atoms with Gasteiger partial charge in [0.05, 0.1) is 18.9 Å². The average molecular weight is 389 g/mol. The number of pyridine rings is 1. The number of hydrogen-bond donors (Lipinski definition) is 1. The molecule has 2 aromatic heterocycles. The highest BCUT2D eigenvalue weighted by Crippen LogP contribution is 2.35. The van der Waals surface area contributed by atoms with E-state index in [1.54, 1.807) is 11.4 Å². The zero-order valence-corrected chi connectivity index (χ0v) is 15.2. The summed E-state index contributed by atoms with van der Waals surface area (Å²) in [6.07, 6.45) is 3.65. The molecule has 3 heterocycles. The van der Waals surface area contributed by atoms with Gasteiger partial charge in [0, 0.05) is 29.8 Å². The summed E-state index contributed by atoms with van der Waals surface area (Å²) in [5.41, 5.74) is 1.49. The Morgan fingerprint density at radius 1 is 1.12 bits per heavy atom. The van der Waals surface area contributed by atoms with Gasteiger partial charge < -0.3 is 9.47 Å². The SMILES string of the molecule is O=S(=O)(Nc1nc(-c2ccc3c(c2)OCCCO3)cs1)c1cccnc1. The molecule has 0 aliphatic carbocycles. The molecule has 0 bridgehead atoms. The van der Waals surface area contributed by atoms with Crippen LogP contribution in [0.15, 0.2) is 53.0 Å². The Labute approximate surface area is 154 Å². The second-order valence-corrected chi connectivity index (χ2v) is 8.08. The normalized spacial score (nSPS) is 13.8. The lowest BCUT2D eigenvalue weighted by Crippen LogP contribution is -2.12. The fourth-order valence-electron chi connectivity index (χ4n) is 2.46. The van der Waals surface area contributed by atoms with E-state index >= 15 is 0 Å². The first-order chi connectivity index (χ1) is 12.6. The number of sulfonamides is 1. The third kappa shape index (κ3) is 3.49. The first kappa shape index (κ1) is 16.8. The Morgan fingerprint density at radius 2 is 1.96 bits per heavy atom. The van der Waals surface area contributed by atoms with Crippen LogP contribution in [0.2, 0.25) is 0 Å². The number of thiazole rings is 1. The van der Waals surface area contributed by atoms with Crippen LogP contribution >= 0.6 is 11.3 Å². The van der Waals surface area contributed by atoms with Crippen molar-refractivity contribution in [2.45, 2.75) is 11.3 Å². The lowest BCUT2D eigenvalue weighted by atomic mass is 10.1. The highest BCUT2D eigenvalue weighted by atomic mass is 32.2. The lowest BCUT2D eigenvalue weighted by Gasteiger charge is -2.08. The van der Waals surface area contributed by atoms with Gasteiger partial charge in [0.25, 0.3) is 10.0 Å². The van der Waals surface area contributed by atoms with Crippen LogP contribution in [0.5, 0.6) is 11.5 Å². The molecule has 9 heteroatoms. The van der Waals surface area contributed by atoms with E-state index in [9.17, 15) is 8.42 Å². The fraction of sp³-hybridized carbons (Fsp3) is 0.176. The Morgan fingerprint density at radius 3 is 2.77 bits per heavy atom. The Balaban J connectivity index is 1.58. The zero-order valence-electron chi connectivity index (χ0n) is 13.6. The van der Waals surface area contributed by atoms with E-state index in [1.807, 2.05) is 18.2 Å². The van der Waals surface area contributed by atoms with E-state index in [0.29, 0.717) is 30.4 Å². The highest BCUT2D eigenvalue weighted by molar-refractivity contribution is 7.93. The third-order valence-electron chi connectivity index (χ3n) is 3.71. The summed E-state index contributed by atoms with van der Waals surface area (Å²) in [7, 11) is -3.71. The van der Waals surface area contributed by atoms with Gasteiger partial charge in [0.1, 0.15) is 4.90 Å². The van der Waals surface area contributed by atoms with Gasteiger partial charge >= 0.3 is 0 Å². The van der Waals surface area contributed by atoms with Gasteiger partial charge in [-0.05, 0) is 30.3 Å². The van der Waals surface area contributed by atoms with E-state index < -0.39 is 10.0 Å². The van der Waals surface area contributed by atoms with E-state index in [0.717, 1.165) is 12.0 Å².